The van der Waals surface area contributed by atoms with Gasteiger partial charge in [0.25, 0.3) is 0 Å². The van der Waals surface area contributed by atoms with E-state index in [2.05, 4.69) is 18.0 Å². The molecule has 2 amide bonds. The molecule has 0 bridgehead atoms. The predicted molar refractivity (Wildman–Crippen MR) is 142 cm³/mol. The maximum atomic E-state index is 13.7. The molecule has 188 valence electrons. The number of amides is 2. The Hall–Kier alpha value is -3.27. The second-order valence-electron chi connectivity index (χ2n) is 8.69. The molecule has 2 aromatic carbocycles. The van der Waals surface area contributed by atoms with Gasteiger partial charge in [-0.25, -0.2) is 8.42 Å². The van der Waals surface area contributed by atoms with Gasteiger partial charge in [-0.1, -0.05) is 30.3 Å². The maximum Gasteiger partial charge on any atom is 0.243 e. The van der Waals surface area contributed by atoms with Crippen LogP contribution in [0, 0.1) is 6.92 Å². The van der Waals surface area contributed by atoms with Gasteiger partial charge in [0.1, 0.15) is 0 Å². The van der Waals surface area contributed by atoms with E-state index in [1.165, 1.54) is 42.1 Å². The van der Waals surface area contributed by atoms with E-state index in [1.54, 1.807) is 16.2 Å². The summed E-state index contributed by atoms with van der Waals surface area (Å²) in [6.07, 6.45) is 2.21. The van der Waals surface area contributed by atoms with Crippen molar-refractivity contribution in [2.24, 2.45) is 0 Å². The third kappa shape index (κ3) is 5.28. The monoisotopic (exact) mass is 523 g/mol. The van der Waals surface area contributed by atoms with Crippen LogP contribution in [0.4, 0.5) is 5.69 Å². The first kappa shape index (κ1) is 25.8. The molecule has 0 spiro atoms. The largest absolute Gasteiger partial charge is 0.330 e. The smallest absolute Gasteiger partial charge is 0.243 e. The van der Waals surface area contributed by atoms with Crippen LogP contribution >= 0.6 is 11.3 Å². The fraction of sp³-hybridized carbons (Fsp3) is 0.259. The lowest BCUT2D eigenvalue weighted by atomic mass is 9.90. The summed E-state index contributed by atoms with van der Waals surface area (Å²) < 4.78 is 28.1. The molecule has 0 aliphatic carbocycles. The fourth-order valence-corrected chi connectivity index (χ4v) is 6.77. The summed E-state index contributed by atoms with van der Waals surface area (Å²) in [5.74, 6) is -0.511. The number of rotatable bonds is 8. The summed E-state index contributed by atoms with van der Waals surface area (Å²) >= 11 is 1.69. The average molecular weight is 524 g/mol. The Morgan fingerprint density at radius 3 is 2.53 bits per heavy atom. The zero-order valence-corrected chi connectivity index (χ0v) is 21.9. The van der Waals surface area contributed by atoms with E-state index < -0.39 is 10.0 Å². The van der Waals surface area contributed by atoms with Gasteiger partial charge in [0.05, 0.1) is 17.5 Å². The molecule has 2 heterocycles. The second kappa shape index (κ2) is 10.8. The highest BCUT2D eigenvalue weighted by Crippen LogP contribution is 2.39. The van der Waals surface area contributed by atoms with Gasteiger partial charge >= 0.3 is 0 Å². The summed E-state index contributed by atoms with van der Waals surface area (Å²) in [6.45, 7) is 7.31. The average Bonchev–Trinajstić information content (AvgIpc) is 3.32. The van der Waals surface area contributed by atoms with Gasteiger partial charge in [-0.15, -0.1) is 17.9 Å². The molecule has 36 heavy (non-hydrogen) atoms. The number of anilines is 1. The van der Waals surface area contributed by atoms with Crippen molar-refractivity contribution in [3.8, 4) is 0 Å². The number of nitrogens with one attached hydrogen (secondary N) is 1. The van der Waals surface area contributed by atoms with E-state index in [9.17, 15) is 18.0 Å². The molecule has 1 aromatic heterocycles. The van der Waals surface area contributed by atoms with E-state index in [0.717, 1.165) is 27.4 Å². The number of nitrogens with zero attached hydrogens (tertiary/aromatic N) is 2. The molecule has 1 aliphatic rings. The lowest BCUT2D eigenvalue weighted by Crippen LogP contribution is -2.46. The third-order valence-electron chi connectivity index (χ3n) is 6.23. The number of benzene rings is 2. The Bertz CT molecular complexity index is 1380. The van der Waals surface area contributed by atoms with Crippen LogP contribution in [0.15, 0.2) is 77.5 Å². The summed E-state index contributed by atoms with van der Waals surface area (Å²) in [5, 5.41) is 4.67. The first-order valence-corrected chi connectivity index (χ1v) is 13.9. The van der Waals surface area contributed by atoms with Crippen molar-refractivity contribution < 1.29 is 18.0 Å². The molecule has 0 saturated heterocycles. The Labute approximate surface area is 216 Å². The standard InChI is InChI=1S/C27H29N3O4S2/c1-4-15-29(36(33,34)22-11-9-21(10-12-22)28-20(3)31)18-26(32)30-16-13-25-24(14-17-35-25)27(30)23-8-6-5-7-19(23)2/h4-12,14,17,27H,1,13,15-16,18H2,2-3H3,(H,28,31)/t27-/m0/s1. The summed E-state index contributed by atoms with van der Waals surface area (Å²) in [5.41, 5.74) is 3.71. The number of carbonyl (C=O) groups excluding carboxylic acids is 2. The number of sulfonamides is 1. The van der Waals surface area contributed by atoms with E-state index >= 15 is 0 Å². The quantitative estimate of drug-likeness (QED) is 0.445. The molecule has 1 aliphatic heterocycles. The van der Waals surface area contributed by atoms with Crippen LogP contribution in [0.3, 0.4) is 0 Å². The number of thiophene rings is 1. The lowest BCUT2D eigenvalue weighted by Gasteiger charge is -2.38. The highest BCUT2D eigenvalue weighted by molar-refractivity contribution is 7.89. The van der Waals surface area contributed by atoms with Crippen molar-refractivity contribution in [1.29, 1.82) is 0 Å². The molecule has 0 unspecified atom stereocenters. The zero-order valence-electron chi connectivity index (χ0n) is 20.3. The zero-order chi connectivity index (χ0) is 25.9. The first-order chi connectivity index (χ1) is 17.2. The van der Waals surface area contributed by atoms with Crippen LogP contribution in [-0.2, 0) is 26.0 Å². The van der Waals surface area contributed by atoms with Crippen LogP contribution in [0.5, 0.6) is 0 Å². The van der Waals surface area contributed by atoms with Gasteiger partial charge < -0.3 is 10.2 Å². The van der Waals surface area contributed by atoms with Gasteiger partial charge in [-0.05, 0) is 65.7 Å². The summed E-state index contributed by atoms with van der Waals surface area (Å²) in [6, 6.07) is 15.7. The number of hydrogen-bond acceptors (Lipinski definition) is 5. The molecule has 1 atom stereocenters. The third-order valence-corrected chi connectivity index (χ3v) is 9.05. The Morgan fingerprint density at radius 1 is 1.14 bits per heavy atom. The molecule has 7 nitrogen and oxygen atoms in total. The minimum Gasteiger partial charge on any atom is -0.330 e. The minimum atomic E-state index is -3.98. The van der Waals surface area contributed by atoms with E-state index in [0.29, 0.717) is 12.2 Å². The van der Waals surface area contributed by atoms with Crippen LogP contribution < -0.4 is 5.32 Å². The molecular weight excluding hydrogens is 494 g/mol. The second-order valence-corrected chi connectivity index (χ2v) is 11.6. The SMILES string of the molecule is C=CCN(CC(=O)N1CCc2sccc2[C@@H]1c1ccccc1C)S(=O)(=O)c1ccc(NC(C)=O)cc1. The van der Waals surface area contributed by atoms with Crippen molar-refractivity contribution in [2.75, 3.05) is 25.0 Å². The summed E-state index contributed by atoms with van der Waals surface area (Å²) in [7, 11) is -3.98. The number of fused-ring (bicyclic) bond motifs is 1. The Balaban J connectivity index is 1.63. The molecule has 3 aromatic rings. The van der Waals surface area contributed by atoms with Crippen LogP contribution in [-0.4, -0.2) is 49.1 Å². The van der Waals surface area contributed by atoms with E-state index in [1.807, 2.05) is 36.6 Å². The topological polar surface area (TPSA) is 86.8 Å². The minimum absolute atomic E-state index is 0.00586. The van der Waals surface area contributed by atoms with Crippen LogP contribution in [0.25, 0.3) is 0 Å². The number of hydrogen-bond donors (Lipinski definition) is 1. The van der Waals surface area contributed by atoms with Crippen molar-refractivity contribution in [1.82, 2.24) is 9.21 Å². The van der Waals surface area contributed by atoms with Crippen molar-refractivity contribution in [3.63, 3.8) is 0 Å². The molecule has 0 fully saturated rings. The van der Waals surface area contributed by atoms with Gasteiger partial charge in [0.2, 0.25) is 21.8 Å². The Kier molecular flexibility index (Phi) is 7.73. The fourth-order valence-electron chi connectivity index (χ4n) is 4.51. The molecular formula is C27H29N3O4S2. The van der Waals surface area contributed by atoms with Crippen molar-refractivity contribution in [2.45, 2.75) is 31.2 Å². The predicted octanol–water partition coefficient (Wildman–Crippen LogP) is 4.37. The van der Waals surface area contributed by atoms with Crippen LogP contribution in [0.2, 0.25) is 0 Å². The summed E-state index contributed by atoms with van der Waals surface area (Å²) in [4.78, 5) is 28.1. The van der Waals surface area contributed by atoms with Gasteiger partial charge in [0.15, 0.2) is 0 Å². The van der Waals surface area contributed by atoms with Crippen molar-refractivity contribution in [3.05, 3.63) is 94.2 Å². The number of carbonyl (C=O) groups is 2. The maximum absolute atomic E-state index is 13.7. The highest BCUT2D eigenvalue weighted by Gasteiger charge is 2.35. The van der Waals surface area contributed by atoms with E-state index in [-0.39, 0.29) is 35.8 Å². The van der Waals surface area contributed by atoms with Crippen LogP contribution in [0.1, 0.15) is 34.5 Å². The molecule has 4 rings (SSSR count). The molecule has 0 saturated carbocycles. The molecule has 1 N–H and O–H groups in total. The van der Waals surface area contributed by atoms with Gasteiger partial charge in [-0.2, -0.15) is 4.31 Å². The van der Waals surface area contributed by atoms with Crippen molar-refractivity contribution >= 4 is 38.9 Å². The molecule has 9 heteroatoms. The lowest BCUT2D eigenvalue weighted by molar-refractivity contribution is -0.133. The highest BCUT2D eigenvalue weighted by atomic mass is 32.2. The van der Waals surface area contributed by atoms with Gasteiger partial charge in [0, 0.05) is 30.6 Å². The van der Waals surface area contributed by atoms with E-state index in [4.69, 9.17) is 0 Å². The van der Waals surface area contributed by atoms with Gasteiger partial charge in [-0.3, -0.25) is 9.59 Å². The molecule has 0 radical (unpaired) electrons. The Morgan fingerprint density at radius 2 is 1.86 bits per heavy atom. The first-order valence-electron chi connectivity index (χ1n) is 11.6. The normalized spacial score (nSPS) is 15.4. The number of aryl methyl sites for hydroxylation is 1.